The summed E-state index contributed by atoms with van der Waals surface area (Å²) in [6.07, 6.45) is 8.15. The summed E-state index contributed by atoms with van der Waals surface area (Å²) in [6, 6.07) is 0. The van der Waals surface area contributed by atoms with Crippen LogP contribution in [-0.2, 0) is 4.79 Å². The molecule has 92 valence electrons. The van der Waals surface area contributed by atoms with E-state index in [-0.39, 0.29) is 17.4 Å². The highest BCUT2D eigenvalue weighted by Gasteiger charge is 2.37. The fourth-order valence-corrected chi connectivity index (χ4v) is 2.85. The van der Waals surface area contributed by atoms with Crippen LogP contribution in [0.4, 0.5) is 0 Å². The fraction of sp³-hybridized carbons (Fsp3) is 0.923. The number of amides is 1. The maximum Gasteiger partial charge on any atom is 0.224 e. The second-order valence-electron chi connectivity index (χ2n) is 5.85. The molecule has 16 heavy (non-hydrogen) atoms. The first kappa shape index (κ1) is 11.9. The molecule has 0 aromatic heterocycles. The summed E-state index contributed by atoms with van der Waals surface area (Å²) in [5.74, 6) is 0.953. The van der Waals surface area contributed by atoms with Crippen LogP contribution in [0, 0.1) is 11.8 Å². The van der Waals surface area contributed by atoms with Crippen molar-refractivity contribution in [2.75, 3.05) is 6.54 Å². The van der Waals surface area contributed by atoms with E-state index < -0.39 is 0 Å². The molecule has 0 spiro atoms. The van der Waals surface area contributed by atoms with E-state index in [4.69, 9.17) is 5.73 Å². The van der Waals surface area contributed by atoms with Gasteiger partial charge in [-0.1, -0.05) is 19.3 Å². The zero-order valence-electron chi connectivity index (χ0n) is 10.3. The molecule has 2 atom stereocenters. The van der Waals surface area contributed by atoms with E-state index in [1.807, 2.05) is 6.92 Å². The van der Waals surface area contributed by atoms with Gasteiger partial charge in [-0.2, -0.15) is 0 Å². The Kier molecular flexibility index (Phi) is 3.53. The van der Waals surface area contributed by atoms with E-state index >= 15 is 0 Å². The summed E-state index contributed by atoms with van der Waals surface area (Å²) in [5, 5.41) is 3.09. The van der Waals surface area contributed by atoms with Crippen molar-refractivity contribution in [3.63, 3.8) is 0 Å². The lowest BCUT2D eigenvalue weighted by Crippen LogP contribution is -2.53. The Morgan fingerprint density at radius 2 is 2.06 bits per heavy atom. The van der Waals surface area contributed by atoms with Gasteiger partial charge in [0.1, 0.15) is 0 Å². The highest BCUT2D eigenvalue weighted by atomic mass is 16.1. The monoisotopic (exact) mass is 224 g/mol. The quantitative estimate of drug-likeness (QED) is 0.768. The molecule has 3 nitrogen and oxygen atoms in total. The van der Waals surface area contributed by atoms with Crippen molar-refractivity contribution < 1.29 is 4.79 Å². The largest absolute Gasteiger partial charge is 0.356 e. The molecule has 2 rings (SSSR count). The molecule has 2 aliphatic carbocycles. The maximum atomic E-state index is 12.1. The lowest BCUT2D eigenvalue weighted by Gasteiger charge is -2.37. The lowest BCUT2D eigenvalue weighted by molar-refractivity contribution is -0.128. The number of carbonyl (C=O) groups is 1. The van der Waals surface area contributed by atoms with Crippen molar-refractivity contribution in [3.8, 4) is 0 Å². The van der Waals surface area contributed by atoms with Gasteiger partial charge >= 0.3 is 0 Å². The molecule has 2 fully saturated rings. The number of hydrogen-bond donors (Lipinski definition) is 2. The highest BCUT2D eigenvalue weighted by Crippen LogP contribution is 2.32. The van der Waals surface area contributed by atoms with Crippen LogP contribution in [0.3, 0.4) is 0 Å². The number of carbonyl (C=O) groups excluding carboxylic acids is 1. The van der Waals surface area contributed by atoms with Crippen molar-refractivity contribution in [2.45, 2.75) is 57.4 Å². The van der Waals surface area contributed by atoms with Crippen molar-refractivity contribution in [1.82, 2.24) is 5.32 Å². The topological polar surface area (TPSA) is 55.1 Å². The average Bonchev–Trinajstić information content (AvgIpc) is 2.14. The van der Waals surface area contributed by atoms with E-state index in [2.05, 4.69) is 5.32 Å². The molecular weight excluding hydrogens is 200 g/mol. The van der Waals surface area contributed by atoms with Gasteiger partial charge < -0.3 is 11.1 Å². The van der Waals surface area contributed by atoms with Crippen LogP contribution in [-0.4, -0.2) is 18.0 Å². The Balaban J connectivity index is 1.82. The summed E-state index contributed by atoms with van der Waals surface area (Å²) in [6.45, 7) is 2.89. The van der Waals surface area contributed by atoms with Crippen molar-refractivity contribution >= 4 is 5.91 Å². The first-order valence-electron chi connectivity index (χ1n) is 6.66. The lowest BCUT2D eigenvalue weighted by atomic mass is 9.74. The van der Waals surface area contributed by atoms with Crippen LogP contribution in [0.5, 0.6) is 0 Å². The first-order chi connectivity index (χ1) is 7.59. The molecule has 0 aromatic rings. The Labute approximate surface area is 98.2 Å². The van der Waals surface area contributed by atoms with Crippen LogP contribution in [0.25, 0.3) is 0 Å². The number of rotatable bonds is 3. The Morgan fingerprint density at radius 1 is 1.31 bits per heavy atom. The molecule has 3 N–H and O–H groups in total. The smallest absolute Gasteiger partial charge is 0.224 e. The normalized spacial score (nSPS) is 35.5. The summed E-state index contributed by atoms with van der Waals surface area (Å²) >= 11 is 0. The van der Waals surface area contributed by atoms with Crippen LogP contribution >= 0.6 is 0 Å². The molecule has 0 saturated heterocycles. The highest BCUT2D eigenvalue weighted by molar-refractivity contribution is 5.80. The zero-order valence-corrected chi connectivity index (χ0v) is 10.3. The van der Waals surface area contributed by atoms with E-state index in [0.29, 0.717) is 0 Å². The van der Waals surface area contributed by atoms with Gasteiger partial charge in [-0.3, -0.25) is 4.79 Å². The minimum absolute atomic E-state index is 0.0290. The molecule has 3 heteroatoms. The van der Waals surface area contributed by atoms with Gasteiger partial charge in [0.15, 0.2) is 0 Å². The number of hydrogen-bond acceptors (Lipinski definition) is 2. The van der Waals surface area contributed by atoms with Crippen molar-refractivity contribution in [1.29, 1.82) is 0 Å². The molecule has 2 saturated carbocycles. The Morgan fingerprint density at radius 3 is 2.62 bits per heavy atom. The maximum absolute atomic E-state index is 12.1. The Hall–Kier alpha value is -0.570. The summed E-state index contributed by atoms with van der Waals surface area (Å²) in [4.78, 5) is 12.1. The van der Waals surface area contributed by atoms with Gasteiger partial charge in [0.2, 0.25) is 5.91 Å². The molecule has 0 radical (unpaired) electrons. The van der Waals surface area contributed by atoms with Crippen molar-refractivity contribution in [3.05, 3.63) is 0 Å². The molecule has 0 aromatic carbocycles. The molecule has 0 aliphatic heterocycles. The fourth-order valence-electron chi connectivity index (χ4n) is 2.85. The van der Waals surface area contributed by atoms with Crippen LogP contribution < -0.4 is 11.1 Å². The average molecular weight is 224 g/mol. The van der Waals surface area contributed by atoms with Crippen molar-refractivity contribution in [2.24, 2.45) is 17.6 Å². The van der Waals surface area contributed by atoms with Gasteiger partial charge in [-0.25, -0.2) is 0 Å². The second-order valence-corrected chi connectivity index (χ2v) is 5.85. The minimum Gasteiger partial charge on any atom is -0.356 e. The number of nitrogens with two attached hydrogens (primary N) is 1. The molecule has 0 heterocycles. The van der Waals surface area contributed by atoms with Gasteiger partial charge in [0.25, 0.3) is 0 Å². The zero-order chi connectivity index (χ0) is 11.6. The van der Waals surface area contributed by atoms with E-state index in [0.717, 1.165) is 31.7 Å². The first-order valence-corrected chi connectivity index (χ1v) is 6.66. The molecular formula is C13H24N2O. The SMILES string of the molecule is CC1(N)CCCCC1C(=O)NCC1CCC1. The third-order valence-corrected chi connectivity index (χ3v) is 4.36. The standard InChI is InChI=1S/C13H24N2O/c1-13(14)8-3-2-7-11(13)12(16)15-9-10-5-4-6-10/h10-11H,2-9,14H2,1H3,(H,15,16). The Bertz CT molecular complexity index is 259. The molecule has 2 aliphatic rings. The predicted molar refractivity (Wildman–Crippen MR) is 64.9 cm³/mol. The second kappa shape index (κ2) is 4.74. The van der Waals surface area contributed by atoms with Crippen LogP contribution in [0.2, 0.25) is 0 Å². The van der Waals surface area contributed by atoms with E-state index in [9.17, 15) is 4.79 Å². The van der Waals surface area contributed by atoms with Crippen LogP contribution in [0.15, 0.2) is 0 Å². The minimum atomic E-state index is -0.290. The van der Waals surface area contributed by atoms with Gasteiger partial charge in [-0.05, 0) is 38.5 Å². The third-order valence-electron chi connectivity index (χ3n) is 4.36. The molecule has 2 unspecified atom stereocenters. The van der Waals surface area contributed by atoms with E-state index in [1.54, 1.807) is 0 Å². The molecule has 1 amide bonds. The summed E-state index contributed by atoms with van der Waals surface area (Å²) in [7, 11) is 0. The molecule has 0 bridgehead atoms. The van der Waals surface area contributed by atoms with Gasteiger partial charge in [-0.15, -0.1) is 0 Å². The summed E-state index contributed by atoms with van der Waals surface area (Å²) < 4.78 is 0. The van der Waals surface area contributed by atoms with E-state index in [1.165, 1.54) is 25.7 Å². The van der Waals surface area contributed by atoms with Gasteiger partial charge in [0, 0.05) is 12.1 Å². The number of nitrogens with one attached hydrogen (secondary N) is 1. The third kappa shape index (κ3) is 2.57. The van der Waals surface area contributed by atoms with Crippen LogP contribution in [0.1, 0.15) is 51.9 Å². The van der Waals surface area contributed by atoms with Gasteiger partial charge in [0.05, 0.1) is 5.92 Å². The predicted octanol–water partition coefficient (Wildman–Crippen LogP) is 1.81. The summed E-state index contributed by atoms with van der Waals surface area (Å²) in [5.41, 5.74) is 5.93.